The second-order valence-electron chi connectivity index (χ2n) is 5.63. The van der Waals surface area contributed by atoms with Gasteiger partial charge >= 0.3 is 0 Å². The molecule has 0 saturated heterocycles. The number of nitrogens with one attached hydrogen (secondary N) is 1. The highest BCUT2D eigenvalue weighted by Crippen LogP contribution is 2.17. The van der Waals surface area contributed by atoms with Gasteiger partial charge in [0.15, 0.2) is 0 Å². The normalized spacial score (nSPS) is 17.1. The van der Waals surface area contributed by atoms with Crippen LogP contribution in [0.25, 0.3) is 6.08 Å². The van der Waals surface area contributed by atoms with Gasteiger partial charge in [0.25, 0.3) is 0 Å². The van der Waals surface area contributed by atoms with Crippen LogP contribution in [0.15, 0.2) is 30.3 Å². The van der Waals surface area contributed by atoms with Crippen LogP contribution >= 0.6 is 0 Å². The van der Waals surface area contributed by atoms with E-state index in [4.69, 9.17) is 0 Å². The van der Waals surface area contributed by atoms with Crippen molar-refractivity contribution in [2.75, 3.05) is 0 Å². The van der Waals surface area contributed by atoms with Crippen molar-refractivity contribution in [2.24, 2.45) is 0 Å². The molecule has 0 spiro atoms. The Kier molecular flexibility index (Phi) is 5.85. The molecule has 1 aromatic carbocycles. The van der Waals surface area contributed by atoms with Gasteiger partial charge in [0, 0.05) is 12.1 Å². The summed E-state index contributed by atoms with van der Waals surface area (Å²) < 4.78 is 0. The number of hydrogen-bond acceptors (Lipinski definition) is 1. The van der Waals surface area contributed by atoms with Crippen LogP contribution in [0.3, 0.4) is 0 Å². The Morgan fingerprint density at radius 2 is 1.80 bits per heavy atom. The zero-order chi connectivity index (χ0) is 14.2. The van der Waals surface area contributed by atoms with Crippen molar-refractivity contribution in [1.82, 2.24) is 5.32 Å². The molecule has 0 bridgehead atoms. The molecule has 1 amide bonds. The molecule has 1 saturated carbocycles. The zero-order valence-corrected chi connectivity index (χ0v) is 12.4. The number of hydrogen-bond donors (Lipinski definition) is 1. The van der Waals surface area contributed by atoms with Gasteiger partial charge in [-0.25, -0.2) is 0 Å². The lowest BCUT2D eigenvalue weighted by Crippen LogP contribution is -2.33. The SMILES string of the molecule is CCc1ccc(/C=C/C(=O)NC2CCCCCC2)cc1. The third-order valence-corrected chi connectivity index (χ3v) is 4.02. The summed E-state index contributed by atoms with van der Waals surface area (Å²) in [4.78, 5) is 11.9. The quantitative estimate of drug-likeness (QED) is 0.648. The highest BCUT2D eigenvalue weighted by atomic mass is 16.1. The maximum atomic E-state index is 11.9. The Morgan fingerprint density at radius 3 is 2.40 bits per heavy atom. The lowest BCUT2D eigenvalue weighted by atomic mass is 10.1. The lowest BCUT2D eigenvalue weighted by molar-refractivity contribution is -0.117. The van der Waals surface area contributed by atoms with Crippen molar-refractivity contribution in [3.8, 4) is 0 Å². The second kappa shape index (κ2) is 7.88. The summed E-state index contributed by atoms with van der Waals surface area (Å²) in [7, 11) is 0. The average Bonchev–Trinajstić information content (AvgIpc) is 2.74. The van der Waals surface area contributed by atoms with Crippen LogP contribution in [0.2, 0.25) is 0 Å². The minimum Gasteiger partial charge on any atom is -0.350 e. The number of benzene rings is 1. The molecule has 2 nitrogen and oxygen atoms in total. The van der Waals surface area contributed by atoms with Gasteiger partial charge < -0.3 is 5.32 Å². The summed E-state index contributed by atoms with van der Waals surface area (Å²) in [5.41, 5.74) is 2.41. The zero-order valence-electron chi connectivity index (χ0n) is 12.4. The maximum absolute atomic E-state index is 11.9. The predicted octanol–water partition coefficient (Wildman–Crippen LogP) is 4.10. The van der Waals surface area contributed by atoms with E-state index in [1.54, 1.807) is 6.08 Å². The molecule has 1 aliphatic rings. The standard InChI is InChI=1S/C18H25NO/c1-2-15-9-11-16(12-10-15)13-14-18(20)19-17-7-5-3-4-6-8-17/h9-14,17H,2-8H2,1H3,(H,19,20)/b14-13+. The van der Waals surface area contributed by atoms with Crippen LogP contribution in [0.1, 0.15) is 56.6 Å². The Balaban J connectivity index is 1.84. The molecule has 108 valence electrons. The van der Waals surface area contributed by atoms with Gasteiger partial charge in [-0.05, 0) is 36.5 Å². The van der Waals surface area contributed by atoms with Gasteiger partial charge in [0.05, 0.1) is 0 Å². The Bertz CT molecular complexity index is 439. The molecule has 2 heteroatoms. The van der Waals surface area contributed by atoms with Gasteiger partial charge in [-0.15, -0.1) is 0 Å². The summed E-state index contributed by atoms with van der Waals surface area (Å²) in [5, 5.41) is 3.13. The summed E-state index contributed by atoms with van der Waals surface area (Å²) in [6.07, 6.45) is 12.0. The summed E-state index contributed by atoms with van der Waals surface area (Å²) in [5.74, 6) is 0.0384. The van der Waals surface area contributed by atoms with Crippen molar-refractivity contribution in [1.29, 1.82) is 0 Å². The van der Waals surface area contributed by atoms with Crippen LogP contribution in [-0.4, -0.2) is 11.9 Å². The minimum absolute atomic E-state index is 0.0384. The van der Waals surface area contributed by atoms with Crippen LogP contribution in [0, 0.1) is 0 Å². The van der Waals surface area contributed by atoms with Crippen molar-refractivity contribution in [3.63, 3.8) is 0 Å². The van der Waals surface area contributed by atoms with E-state index in [0.29, 0.717) is 6.04 Å². The number of carbonyl (C=O) groups is 1. The van der Waals surface area contributed by atoms with E-state index >= 15 is 0 Å². The van der Waals surface area contributed by atoms with E-state index in [-0.39, 0.29) is 5.91 Å². The monoisotopic (exact) mass is 271 g/mol. The molecule has 0 unspecified atom stereocenters. The van der Waals surface area contributed by atoms with Gasteiger partial charge in [0.1, 0.15) is 0 Å². The molecule has 0 aromatic heterocycles. The molecule has 0 atom stereocenters. The van der Waals surface area contributed by atoms with Crippen molar-refractivity contribution < 1.29 is 4.79 Å². The van der Waals surface area contributed by atoms with Gasteiger partial charge in [-0.3, -0.25) is 4.79 Å². The van der Waals surface area contributed by atoms with E-state index < -0.39 is 0 Å². The van der Waals surface area contributed by atoms with Gasteiger partial charge in [-0.2, -0.15) is 0 Å². The third kappa shape index (κ3) is 4.84. The van der Waals surface area contributed by atoms with Crippen LogP contribution < -0.4 is 5.32 Å². The fraction of sp³-hybridized carbons (Fsp3) is 0.500. The molecule has 1 aromatic rings. The predicted molar refractivity (Wildman–Crippen MR) is 84.5 cm³/mol. The molecule has 0 radical (unpaired) electrons. The van der Waals surface area contributed by atoms with Crippen LogP contribution in [0.5, 0.6) is 0 Å². The van der Waals surface area contributed by atoms with Crippen LogP contribution in [0.4, 0.5) is 0 Å². The second-order valence-corrected chi connectivity index (χ2v) is 5.63. The molecule has 1 fully saturated rings. The van der Waals surface area contributed by atoms with E-state index in [9.17, 15) is 4.79 Å². The first kappa shape index (κ1) is 14.8. The molecule has 0 aliphatic heterocycles. The first-order chi connectivity index (χ1) is 9.78. The van der Waals surface area contributed by atoms with E-state index in [2.05, 4.69) is 36.5 Å². The van der Waals surface area contributed by atoms with E-state index in [1.807, 2.05) is 6.08 Å². The largest absolute Gasteiger partial charge is 0.350 e. The molecule has 20 heavy (non-hydrogen) atoms. The van der Waals surface area contributed by atoms with E-state index in [0.717, 1.165) is 24.8 Å². The highest BCUT2D eigenvalue weighted by Gasteiger charge is 2.12. The topological polar surface area (TPSA) is 29.1 Å². The van der Waals surface area contributed by atoms with Crippen molar-refractivity contribution in [3.05, 3.63) is 41.5 Å². The summed E-state index contributed by atoms with van der Waals surface area (Å²) in [6.45, 7) is 2.14. The highest BCUT2D eigenvalue weighted by molar-refractivity contribution is 5.91. The summed E-state index contributed by atoms with van der Waals surface area (Å²) >= 11 is 0. The van der Waals surface area contributed by atoms with Gasteiger partial charge in [-0.1, -0.05) is 56.9 Å². The number of carbonyl (C=O) groups excluding carboxylic acids is 1. The molecule has 1 aliphatic carbocycles. The third-order valence-electron chi connectivity index (χ3n) is 4.02. The van der Waals surface area contributed by atoms with Gasteiger partial charge in [0.2, 0.25) is 5.91 Å². The lowest BCUT2D eigenvalue weighted by Gasteiger charge is -2.14. The van der Waals surface area contributed by atoms with Crippen molar-refractivity contribution >= 4 is 12.0 Å². The van der Waals surface area contributed by atoms with E-state index in [1.165, 1.54) is 31.2 Å². The first-order valence-corrected chi connectivity index (χ1v) is 7.85. The molecule has 0 heterocycles. The molecule has 2 rings (SSSR count). The number of amides is 1. The maximum Gasteiger partial charge on any atom is 0.244 e. The Labute approximate surface area is 122 Å². The number of rotatable bonds is 4. The van der Waals surface area contributed by atoms with Crippen molar-refractivity contribution in [2.45, 2.75) is 57.9 Å². The average molecular weight is 271 g/mol. The Morgan fingerprint density at radius 1 is 1.15 bits per heavy atom. The first-order valence-electron chi connectivity index (χ1n) is 7.85. The number of aryl methyl sites for hydroxylation is 1. The Hall–Kier alpha value is -1.57. The molecular weight excluding hydrogens is 246 g/mol. The molecular formula is C18H25NO. The fourth-order valence-corrected chi connectivity index (χ4v) is 2.71. The smallest absolute Gasteiger partial charge is 0.244 e. The van der Waals surface area contributed by atoms with Crippen LogP contribution in [-0.2, 0) is 11.2 Å². The molecule has 1 N–H and O–H groups in total. The summed E-state index contributed by atoms with van der Waals surface area (Å²) in [6, 6.07) is 8.73. The minimum atomic E-state index is 0.0384. The fourth-order valence-electron chi connectivity index (χ4n) is 2.71.